The van der Waals surface area contributed by atoms with Gasteiger partial charge >= 0.3 is 23.1 Å². The molecule has 0 radical (unpaired) electrons. The second-order valence-electron chi connectivity index (χ2n) is 2.21. The fourth-order valence-corrected chi connectivity index (χ4v) is 1.15. The summed E-state index contributed by atoms with van der Waals surface area (Å²) in [5.74, 6) is 0. The van der Waals surface area contributed by atoms with Crippen LogP contribution in [0.25, 0.3) is 0 Å². The molecule has 0 aliphatic carbocycles. The van der Waals surface area contributed by atoms with Gasteiger partial charge in [-0.2, -0.15) is 0 Å². The number of aryl methyl sites for hydroxylation is 2. The van der Waals surface area contributed by atoms with Crippen molar-refractivity contribution in [2.45, 2.75) is 13.8 Å². The molecule has 0 aromatic heterocycles. The van der Waals surface area contributed by atoms with Crippen LogP contribution in [-0.2, 0) is 0 Å². The van der Waals surface area contributed by atoms with Crippen LogP contribution >= 0.6 is 22.6 Å². The average Bonchev–Trinajstić information content (AvgIpc) is 1.83. The molecule has 52 valence electrons. The zero-order valence-corrected chi connectivity index (χ0v) is 9.89. The molecule has 0 fully saturated rings. The van der Waals surface area contributed by atoms with Gasteiger partial charge in [0.05, 0.1) is 0 Å². The van der Waals surface area contributed by atoms with E-state index < -0.39 is 0 Å². The van der Waals surface area contributed by atoms with Crippen molar-refractivity contribution in [3.8, 4) is 0 Å². The third-order valence-corrected chi connectivity index (χ3v) is 3.09. The van der Waals surface area contributed by atoms with Crippen LogP contribution in [0.1, 0.15) is 14.0 Å². The van der Waals surface area contributed by atoms with Crippen molar-refractivity contribution >= 4 is 45.6 Å². The summed E-state index contributed by atoms with van der Waals surface area (Å²) in [6.45, 7) is 4.27. The molecule has 2 heteroatoms. The van der Waals surface area contributed by atoms with E-state index in [1.54, 1.807) is 0 Å². The van der Waals surface area contributed by atoms with Crippen molar-refractivity contribution in [1.29, 1.82) is 0 Å². The van der Waals surface area contributed by atoms with Gasteiger partial charge in [-0.25, -0.2) is 0 Å². The molecule has 0 spiro atoms. The van der Waals surface area contributed by atoms with E-state index in [1.807, 2.05) is 0 Å². The molecule has 0 aliphatic rings. The molecule has 0 atom stereocenters. The van der Waals surface area contributed by atoms with Gasteiger partial charge in [0.1, 0.15) is 0 Å². The topological polar surface area (TPSA) is 0 Å². The van der Waals surface area contributed by atoms with Crippen molar-refractivity contribution in [2.24, 2.45) is 0 Å². The minimum atomic E-state index is 0. The van der Waals surface area contributed by atoms with Crippen LogP contribution in [0.15, 0.2) is 18.2 Å². The minimum Gasteiger partial charge on any atom is -1.00 e. The van der Waals surface area contributed by atoms with Crippen LogP contribution in [0.4, 0.5) is 0 Å². The van der Waals surface area contributed by atoms with Gasteiger partial charge in [0, 0.05) is 3.57 Å². The predicted molar refractivity (Wildman–Crippen MR) is 56.6 cm³/mol. The van der Waals surface area contributed by atoms with Gasteiger partial charge < -0.3 is 2.85 Å². The van der Waals surface area contributed by atoms with E-state index in [4.69, 9.17) is 0 Å². The van der Waals surface area contributed by atoms with Crippen LogP contribution in [0, 0.1) is 17.4 Å². The van der Waals surface area contributed by atoms with Gasteiger partial charge in [-0.05, 0) is 47.6 Å². The zero-order chi connectivity index (χ0) is 6.85. The quantitative estimate of drug-likeness (QED) is 0.496. The molecule has 0 amide bonds. The Morgan fingerprint density at radius 2 is 1.60 bits per heavy atom. The summed E-state index contributed by atoms with van der Waals surface area (Å²) in [5, 5.41) is 0. The summed E-state index contributed by atoms with van der Waals surface area (Å²) in [5.41, 5.74) is 2.74. The van der Waals surface area contributed by atoms with E-state index in [1.165, 1.54) is 14.7 Å². The monoisotopic (exact) mass is 258 g/mol. The van der Waals surface area contributed by atoms with Gasteiger partial charge in [-0.3, -0.25) is 0 Å². The fourth-order valence-electron chi connectivity index (χ4n) is 0.794. The van der Waals surface area contributed by atoms with Crippen LogP contribution in [0.5, 0.6) is 0 Å². The molecule has 0 nitrogen and oxygen atoms in total. The van der Waals surface area contributed by atoms with E-state index in [9.17, 15) is 0 Å². The zero-order valence-electron chi connectivity index (χ0n) is 8.32. The molecule has 1 rings (SSSR count). The summed E-state index contributed by atoms with van der Waals surface area (Å²) in [6, 6.07) is 6.36. The van der Waals surface area contributed by atoms with Gasteiger partial charge in [-0.15, -0.1) is 0 Å². The Kier molecular flexibility index (Phi) is 4.89. The standard InChI is InChI=1S/C8H9I.Mg.2H/c1-6-4-3-5-7(2)8(6)9;;;/h3-5H,1-2H3;;;/q;+2;2*-1. The van der Waals surface area contributed by atoms with Crippen LogP contribution < -0.4 is 0 Å². The van der Waals surface area contributed by atoms with Gasteiger partial charge in [0.25, 0.3) is 0 Å². The smallest absolute Gasteiger partial charge is 1.00 e. The number of benzene rings is 1. The summed E-state index contributed by atoms with van der Waals surface area (Å²) in [6.07, 6.45) is 0. The second-order valence-corrected chi connectivity index (χ2v) is 3.28. The Labute approximate surface area is 94.7 Å². The van der Waals surface area contributed by atoms with E-state index in [-0.39, 0.29) is 25.9 Å². The Morgan fingerprint density at radius 1 is 1.20 bits per heavy atom. The molecule has 0 unspecified atom stereocenters. The van der Waals surface area contributed by atoms with Crippen molar-refractivity contribution < 1.29 is 2.85 Å². The summed E-state index contributed by atoms with van der Waals surface area (Å²) < 4.78 is 1.38. The third-order valence-electron chi connectivity index (χ3n) is 1.38. The molecule has 0 bridgehead atoms. The maximum atomic E-state index is 2.37. The number of halogens is 1. The minimum absolute atomic E-state index is 0. The number of hydrogen-bond acceptors (Lipinski definition) is 0. The molecule has 0 aliphatic heterocycles. The maximum Gasteiger partial charge on any atom is 2.00 e. The SMILES string of the molecule is Cc1cccc(C)c1I.[H-].[H-].[Mg+2]. The molecule has 1 aromatic carbocycles. The molecule has 0 heterocycles. The first-order valence-electron chi connectivity index (χ1n) is 2.93. The van der Waals surface area contributed by atoms with E-state index in [0.29, 0.717) is 0 Å². The largest absolute Gasteiger partial charge is 2.00 e. The van der Waals surface area contributed by atoms with E-state index in [0.717, 1.165) is 0 Å². The van der Waals surface area contributed by atoms with E-state index >= 15 is 0 Å². The first-order valence-corrected chi connectivity index (χ1v) is 4.01. The molecular weight excluding hydrogens is 247 g/mol. The Hall–Kier alpha value is 0.716. The predicted octanol–water partition coefficient (Wildman–Crippen LogP) is 2.75. The first kappa shape index (κ1) is 10.7. The van der Waals surface area contributed by atoms with Crippen molar-refractivity contribution in [2.75, 3.05) is 0 Å². The summed E-state index contributed by atoms with van der Waals surface area (Å²) in [7, 11) is 0. The summed E-state index contributed by atoms with van der Waals surface area (Å²) in [4.78, 5) is 0. The number of rotatable bonds is 0. The molecule has 0 N–H and O–H groups in total. The Bertz CT molecular complexity index is 208. The fraction of sp³-hybridized carbons (Fsp3) is 0.250. The van der Waals surface area contributed by atoms with Crippen molar-refractivity contribution in [3.63, 3.8) is 0 Å². The normalized spacial score (nSPS) is 8.70. The maximum absolute atomic E-state index is 2.37. The molecular formula is C8H11IMg. The molecule has 0 saturated heterocycles. The number of hydrogen-bond donors (Lipinski definition) is 0. The Balaban J connectivity index is -0.000000270. The average molecular weight is 258 g/mol. The van der Waals surface area contributed by atoms with Crippen molar-refractivity contribution in [1.82, 2.24) is 0 Å². The van der Waals surface area contributed by atoms with Gasteiger partial charge in [0.2, 0.25) is 0 Å². The molecule has 1 aromatic rings. The molecule has 10 heavy (non-hydrogen) atoms. The summed E-state index contributed by atoms with van der Waals surface area (Å²) >= 11 is 2.37. The first-order chi connectivity index (χ1) is 4.22. The van der Waals surface area contributed by atoms with Gasteiger partial charge in [-0.1, -0.05) is 18.2 Å². The van der Waals surface area contributed by atoms with Crippen LogP contribution in [0.3, 0.4) is 0 Å². The second kappa shape index (κ2) is 4.56. The van der Waals surface area contributed by atoms with Crippen LogP contribution in [-0.4, -0.2) is 23.1 Å². The van der Waals surface area contributed by atoms with Gasteiger partial charge in [0.15, 0.2) is 0 Å². The van der Waals surface area contributed by atoms with Crippen LogP contribution in [0.2, 0.25) is 0 Å². The Morgan fingerprint density at radius 3 is 1.90 bits per heavy atom. The molecule has 0 saturated carbocycles. The van der Waals surface area contributed by atoms with E-state index in [2.05, 4.69) is 54.6 Å². The third kappa shape index (κ3) is 2.40. The van der Waals surface area contributed by atoms with Crippen molar-refractivity contribution in [3.05, 3.63) is 32.9 Å².